The van der Waals surface area contributed by atoms with Crippen LogP contribution in [0, 0.1) is 0 Å². The molecule has 5 heteroatoms. The minimum atomic E-state index is -0.0349. The fraction of sp³-hybridized carbons (Fsp3) is 0.136. The van der Waals surface area contributed by atoms with E-state index >= 15 is 0 Å². The normalized spacial score (nSPS) is 10.7. The van der Waals surface area contributed by atoms with Gasteiger partial charge >= 0.3 is 0 Å². The molecule has 0 unspecified atom stereocenters. The van der Waals surface area contributed by atoms with E-state index in [1.807, 2.05) is 53.9 Å². The van der Waals surface area contributed by atoms with Gasteiger partial charge in [0.25, 0.3) is 0 Å². The quantitative estimate of drug-likeness (QED) is 0.396. The second kappa shape index (κ2) is 9.05. The number of hydrogen-bond acceptors (Lipinski definition) is 5. The first-order valence-electron chi connectivity index (χ1n) is 8.40. The van der Waals surface area contributed by atoms with Gasteiger partial charge in [-0.3, -0.25) is 4.79 Å². The van der Waals surface area contributed by atoms with E-state index in [1.54, 1.807) is 32.4 Å². The maximum atomic E-state index is 12.2. The van der Waals surface area contributed by atoms with Crippen LogP contribution in [0.3, 0.4) is 0 Å². The lowest BCUT2D eigenvalue weighted by Crippen LogP contribution is -2.00. The smallest absolute Gasteiger partial charge is 0.203 e. The molecule has 0 aliphatic carbocycles. The van der Waals surface area contributed by atoms with Crippen molar-refractivity contribution in [2.45, 2.75) is 6.61 Å². The maximum absolute atomic E-state index is 12.2. The molecule has 0 radical (unpaired) electrons. The van der Waals surface area contributed by atoms with Gasteiger partial charge in [0.15, 0.2) is 17.3 Å². The highest BCUT2D eigenvalue weighted by atomic mass is 32.1. The van der Waals surface area contributed by atoms with Gasteiger partial charge in [0.2, 0.25) is 5.75 Å². The summed E-state index contributed by atoms with van der Waals surface area (Å²) in [6.07, 6.45) is 3.29. The number of benzene rings is 2. The highest BCUT2D eigenvalue weighted by Crippen LogP contribution is 2.39. The van der Waals surface area contributed by atoms with E-state index in [-0.39, 0.29) is 5.78 Å². The molecule has 1 aromatic heterocycles. The van der Waals surface area contributed by atoms with Gasteiger partial charge in [-0.25, -0.2) is 0 Å². The van der Waals surface area contributed by atoms with Gasteiger partial charge in [-0.1, -0.05) is 42.5 Å². The van der Waals surface area contributed by atoms with Gasteiger partial charge in [-0.2, -0.15) is 0 Å². The van der Waals surface area contributed by atoms with Crippen LogP contribution in [0.2, 0.25) is 0 Å². The molecule has 0 aliphatic rings. The Labute approximate surface area is 162 Å². The number of methoxy groups -OCH3 is 2. The van der Waals surface area contributed by atoms with Crippen LogP contribution in [0.15, 0.2) is 66.1 Å². The summed E-state index contributed by atoms with van der Waals surface area (Å²) in [4.78, 5) is 12.9. The van der Waals surface area contributed by atoms with E-state index in [1.165, 1.54) is 11.3 Å². The molecule has 0 bridgehead atoms. The van der Waals surface area contributed by atoms with Crippen LogP contribution in [0.1, 0.15) is 20.8 Å². The van der Waals surface area contributed by atoms with E-state index in [0.717, 1.165) is 11.1 Å². The molecule has 0 saturated heterocycles. The van der Waals surface area contributed by atoms with E-state index in [2.05, 4.69) is 0 Å². The van der Waals surface area contributed by atoms with Crippen molar-refractivity contribution in [3.8, 4) is 17.2 Å². The molecule has 4 nitrogen and oxygen atoms in total. The highest BCUT2D eigenvalue weighted by Gasteiger charge is 2.14. The Morgan fingerprint density at radius 1 is 1.00 bits per heavy atom. The van der Waals surface area contributed by atoms with Crippen LogP contribution >= 0.6 is 11.3 Å². The fourth-order valence-corrected chi connectivity index (χ4v) is 3.19. The Morgan fingerprint density at radius 3 is 2.30 bits per heavy atom. The molecular weight excluding hydrogens is 360 g/mol. The molecule has 3 rings (SSSR count). The summed E-state index contributed by atoms with van der Waals surface area (Å²) < 4.78 is 16.9. The zero-order valence-corrected chi connectivity index (χ0v) is 16.0. The molecule has 0 spiro atoms. The van der Waals surface area contributed by atoms with Crippen LogP contribution in [0.4, 0.5) is 0 Å². The van der Waals surface area contributed by atoms with Gasteiger partial charge in [-0.15, -0.1) is 11.3 Å². The number of ketones is 1. The minimum Gasteiger partial charge on any atom is -0.493 e. The van der Waals surface area contributed by atoms with Gasteiger partial charge in [0, 0.05) is 0 Å². The summed E-state index contributed by atoms with van der Waals surface area (Å²) in [6.45, 7) is 0.402. The van der Waals surface area contributed by atoms with Crippen molar-refractivity contribution >= 4 is 23.2 Å². The third kappa shape index (κ3) is 4.77. The molecule has 0 aliphatic heterocycles. The molecule has 1 heterocycles. The first kappa shape index (κ1) is 18.7. The number of ether oxygens (including phenoxy) is 3. The number of carbonyl (C=O) groups excluding carboxylic acids is 1. The van der Waals surface area contributed by atoms with E-state index < -0.39 is 0 Å². The highest BCUT2D eigenvalue weighted by molar-refractivity contribution is 7.12. The van der Waals surface area contributed by atoms with Crippen LogP contribution in [0.25, 0.3) is 6.08 Å². The van der Waals surface area contributed by atoms with Crippen molar-refractivity contribution in [3.63, 3.8) is 0 Å². The average molecular weight is 380 g/mol. The minimum absolute atomic E-state index is 0.0349. The number of thiophene rings is 1. The van der Waals surface area contributed by atoms with Crippen molar-refractivity contribution in [3.05, 3.63) is 82.1 Å². The summed E-state index contributed by atoms with van der Waals surface area (Å²) in [5, 5.41) is 1.88. The van der Waals surface area contributed by atoms with Crippen LogP contribution in [0.5, 0.6) is 17.2 Å². The lowest BCUT2D eigenvalue weighted by atomic mass is 10.1. The second-order valence-electron chi connectivity index (χ2n) is 5.70. The molecule has 2 aromatic carbocycles. The Morgan fingerprint density at radius 2 is 1.70 bits per heavy atom. The number of rotatable bonds is 8. The number of carbonyl (C=O) groups is 1. The van der Waals surface area contributed by atoms with Crippen LogP contribution in [-0.4, -0.2) is 20.0 Å². The Balaban J connectivity index is 1.82. The molecular formula is C22H20O4S. The zero-order chi connectivity index (χ0) is 19.1. The van der Waals surface area contributed by atoms with Crippen molar-refractivity contribution in [2.75, 3.05) is 14.2 Å². The third-order valence-electron chi connectivity index (χ3n) is 3.90. The Hall–Kier alpha value is -3.05. The van der Waals surface area contributed by atoms with E-state index in [9.17, 15) is 4.79 Å². The van der Waals surface area contributed by atoms with Gasteiger partial charge in [0.05, 0.1) is 19.1 Å². The van der Waals surface area contributed by atoms with Crippen LogP contribution < -0.4 is 14.2 Å². The lowest BCUT2D eigenvalue weighted by molar-refractivity contribution is 0.105. The zero-order valence-electron chi connectivity index (χ0n) is 15.2. The first-order chi connectivity index (χ1) is 13.2. The predicted molar refractivity (Wildman–Crippen MR) is 108 cm³/mol. The summed E-state index contributed by atoms with van der Waals surface area (Å²) in [6, 6.07) is 17.2. The molecule has 0 amide bonds. The summed E-state index contributed by atoms with van der Waals surface area (Å²) >= 11 is 1.42. The fourth-order valence-electron chi connectivity index (χ4n) is 2.54. The van der Waals surface area contributed by atoms with E-state index in [4.69, 9.17) is 14.2 Å². The van der Waals surface area contributed by atoms with Gasteiger partial charge in [0.1, 0.15) is 6.61 Å². The van der Waals surface area contributed by atoms with Crippen molar-refractivity contribution in [1.29, 1.82) is 0 Å². The third-order valence-corrected chi connectivity index (χ3v) is 4.78. The molecule has 27 heavy (non-hydrogen) atoms. The summed E-state index contributed by atoms with van der Waals surface area (Å²) in [5.41, 5.74) is 1.84. The number of allylic oxidation sites excluding steroid dienone is 1. The monoisotopic (exact) mass is 380 g/mol. The van der Waals surface area contributed by atoms with Gasteiger partial charge < -0.3 is 14.2 Å². The average Bonchev–Trinajstić information content (AvgIpc) is 3.26. The van der Waals surface area contributed by atoms with Crippen molar-refractivity contribution in [1.82, 2.24) is 0 Å². The SMILES string of the molecule is COc1cc(/C=C/C(=O)c2cccs2)cc(OC)c1OCc1ccccc1. The molecule has 0 atom stereocenters. The molecule has 3 aromatic rings. The molecule has 0 fully saturated rings. The standard InChI is InChI=1S/C22H20O4S/c1-24-19-13-17(10-11-18(23)21-9-6-12-27-21)14-20(25-2)22(19)26-15-16-7-4-3-5-8-16/h3-14H,15H2,1-2H3/b11-10+. The second-order valence-corrected chi connectivity index (χ2v) is 6.65. The molecule has 0 N–H and O–H groups in total. The summed E-state index contributed by atoms with van der Waals surface area (Å²) in [7, 11) is 3.16. The first-order valence-corrected chi connectivity index (χ1v) is 9.28. The lowest BCUT2D eigenvalue weighted by Gasteiger charge is -2.15. The summed E-state index contributed by atoms with van der Waals surface area (Å²) in [5.74, 6) is 1.60. The molecule has 138 valence electrons. The number of hydrogen-bond donors (Lipinski definition) is 0. The Bertz CT molecular complexity index is 890. The van der Waals surface area contributed by atoms with Crippen molar-refractivity contribution in [2.24, 2.45) is 0 Å². The van der Waals surface area contributed by atoms with Crippen molar-refractivity contribution < 1.29 is 19.0 Å². The van der Waals surface area contributed by atoms with Crippen LogP contribution in [-0.2, 0) is 6.61 Å². The topological polar surface area (TPSA) is 44.8 Å². The Kier molecular flexibility index (Phi) is 6.28. The van der Waals surface area contributed by atoms with E-state index in [0.29, 0.717) is 28.7 Å². The molecule has 0 saturated carbocycles. The predicted octanol–water partition coefficient (Wildman–Crippen LogP) is 5.24. The maximum Gasteiger partial charge on any atom is 0.203 e. The largest absolute Gasteiger partial charge is 0.493 e. The van der Waals surface area contributed by atoms with Gasteiger partial charge in [-0.05, 0) is 40.8 Å².